The summed E-state index contributed by atoms with van der Waals surface area (Å²) in [5.41, 5.74) is 1.04. The van der Waals surface area contributed by atoms with Crippen molar-refractivity contribution in [1.82, 2.24) is 4.90 Å². The molecule has 0 bridgehead atoms. The lowest BCUT2D eigenvalue weighted by Crippen LogP contribution is -2.31. The van der Waals surface area contributed by atoms with E-state index in [0.29, 0.717) is 0 Å². The van der Waals surface area contributed by atoms with Crippen LogP contribution in [-0.4, -0.2) is 35.8 Å². The summed E-state index contributed by atoms with van der Waals surface area (Å²) in [6.07, 6.45) is 2.11. The van der Waals surface area contributed by atoms with Gasteiger partial charge in [-0.2, -0.15) is 8.78 Å². The maximum absolute atomic E-state index is 12.0. The summed E-state index contributed by atoms with van der Waals surface area (Å²) >= 11 is 0. The molecule has 0 radical (unpaired) electrons. The van der Waals surface area contributed by atoms with E-state index in [1.165, 1.54) is 0 Å². The largest absolute Gasteiger partial charge is 0.435 e. The van der Waals surface area contributed by atoms with Gasteiger partial charge in [-0.15, -0.1) is 0 Å². The lowest BCUT2D eigenvalue weighted by molar-refractivity contribution is -0.0498. The molecule has 0 amide bonds. The Balaban J connectivity index is 1.93. The van der Waals surface area contributed by atoms with E-state index in [9.17, 15) is 13.9 Å². The van der Waals surface area contributed by atoms with Gasteiger partial charge in [-0.05, 0) is 37.1 Å². The van der Waals surface area contributed by atoms with Crippen LogP contribution in [0.5, 0.6) is 5.75 Å². The average molecular weight is 257 g/mol. The first-order valence-corrected chi connectivity index (χ1v) is 6.07. The Bertz CT molecular complexity index is 370. The average Bonchev–Trinajstić information content (AvgIpc) is 2.78. The van der Waals surface area contributed by atoms with Crippen molar-refractivity contribution in [3.05, 3.63) is 29.8 Å². The van der Waals surface area contributed by atoms with Gasteiger partial charge < -0.3 is 9.84 Å². The van der Waals surface area contributed by atoms with Crippen LogP contribution in [-0.2, 0) is 6.54 Å². The molecule has 18 heavy (non-hydrogen) atoms. The quantitative estimate of drug-likeness (QED) is 0.878. The Morgan fingerprint density at radius 2 is 2.06 bits per heavy atom. The number of nitrogens with zero attached hydrogens (tertiary/aromatic N) is 1. The first-order chi connectivity index (χ1) is 8.69. The van der Waals surface area contributed by atoms with Crippen molar-refractivity contribution in [3.63, 3.8) is 0 Å². The first kappa shape index (κ1) is 13.2. The number of aliphatic hydroxyl groups excluding tert-OH is 1. The molecule has 2 rings (SSSR count). The van der Waals surface area contributed by atoms with E-state index in [1.807, 2.05) is 0 Å². The van der Waals surface area contributed by atoms with Gasteiger partial charge in [0.2, 0.25) is 0 Å². The van der Waals surface area contributed by atoms with Crippen molar-refractivity contribution in [2.45, 2.75) is 32.0 Å². The number of likely N-dealkylation sites (tertiary alicyclic amines) is 1. The van der Waals surface area contributed by atoms with Crippen LogP contribution in [0.25, 0.3) is 0 Å². The van der Waals surface area contributed by atoms with Crippen molar-refractivity contribution >= 4 is 0 Å². The predicted octanol–water partition coefficient (Wildman–Crippen LogP) is 2.24. The topological polar surface area (TPSA) is 32.7 Å². The Hall–Kier alpha value is -1.20. The van der Waals surface area contributed by atoms with Crippen LogP contribution in [0.3, 0.4) is 0 Å². The summed E-state index contributed by atoms with van der Waals surface area (Å²) < 4.78 is 28.3. The Kier molecular flexibility index (Phi) is 4.49. The molecule has 1 aromatic carbocycles. The van der Waals surface area contributed by atoms with Gasteiger partial charge in [0.25, 0.3) is 0 Å². The number of halogens is 2. The predicted molar refractivity (Wildman–Crippen MR) is 63.6 cm³/mol. The molecule has 0 aliphatic carbocycles. The first-order valence-electron chi connectivity index (χ1n) is 6.07. The van der Waals surface area contributed by atoms with Crippen LogP contribution >= 0.6 is 0 Å². The Morgan fingerprint density at radius 3 is 2.67 bits per heavy atom. The van der Waals surface area contributed by atoms with Crippen molar-refractivity contribution in [3.8, 4) is 5.75 Å². The maximum Gasteiger partial charge on any atom is 0.387 e. The van der Waals surface area contributed by atoms with Gasteiger partial charge in [0, 0.05) is 12.6 Å². The summed E-state index contributed by atoms with van der Waals surface area (Å²) in [4.78, 5) is 2.21. The van der Waals surface area contributed by atoms with Crippen LogP contribution in [0.1, 0.15) is 18.4 Å². The van der Waals surface area contributed by atoms with E-state index in [-0.39, 0.29) is 18.4 Å². The van der Waals surface area contributed by atoms with Crippen LogP contribution in [0.4, 0.5) is 8.78 Å². The van der Waals surface area contributed by atoms with Gasteiger partial charge in [0.1, 0.15) is 5.75 Å². The zero-order valence-corrected chi connectivity index (χ0v) is 10.1. The number of alkyl halides is 2. The van der Waals surface area contributed by atoms with E-state index >= 15 is 0 Å². The molecule has 1 aromatic rings. The molecule has 3 nitrogen and oxygen atoms in total. The van der Waals surface area contributed by atoms with E-state index in [1.54, 1.807) is 24.3 Å². The third kappa shape index (κ3) is 3.40. The van der Waals surface area contributed by atoms with E-state index in [4.69, 9.17) is 0 Å². The number of aliphatic hydroxyl groups is 1. The standard InChI is InChI=1S/C13H17F2NO2/c14-13(15)18-12-5-3-10(4-6-12)8-16-7-1-2-11(16)9-17/h3-6,11,13,17H,1-2,7-9H2. The molecule has 0 aromatic heterocycles. The van der Waals surface area contributed by atoms with Gasteiger partial charge in [-0.1, -0.05) is 12.1 Å². The summed E-state index contributed by atoms with van der Waals surface area (Å²) in [5.74, 6) is 0.175. The van der Waals surface area contributed by atoms with Crippen molar-refractivity contribution in [2.24, 2.45) is 0 Å². The minimum atomic E-state index is -2.78. The molecule has 5 heteroatoms. The van der Waals surface area contributed by atoms with Crippen LogP contribution < -0.4 is 4.74 Å². The zero-order chi connectivity index (χ0) is 13.0. The molecule has 100 valence electrons. The lowest BCUT2D eigenvalue weighted by atomic mass is 10.2. The zero-order valence-electron chi connectivity index (χ0n) is 10.1. The molecule has 0 saturated carbocycles. The molecule has 1 N–H and O–H groups in total. The Morgan fingerprint density at radius 1 is 1.33 bits per heavy atom. The molecular formula is C13H17F2NO2. The summed E-state index contributed by atoms with van der Waals surface area (Å²) in [6.45, 7) is -0.902. The van der Waals surface area contributed by atoms with Crippen molar-refractivity contribution < 1.29 is 18.6 Å². The Labute approximate surface area is 105 Å². The highest BCUT2D eigenvalue weighted by Crippen LogP contribution is 2.21. The van der Waals surface area contributed by atoms with Gasteiger partial charge in [0.15, 0.2) is 0 Å². The molecule has 1 unspecified atom stereocenters. The van der Waals surface area contributed by atoms with E-state index < -0.39 is 6.61 Å². The second kappa shape index (κ2) is 6.11. The van der Waals surface area contributed by atoms with Crippen LogP contribution in [0.15, 0.2) is 24.3 Å². The molecule has 1 fully saturated rings. The van der Waals surface area contributed by atoms with Crippen LogP contribution in [0, 0.1) is 0 Å². The highest BCUT2D eigenvalue weighted by Gasteiger charge is 2.23. The smallest absolute Gasteiger partial charge is 0.387 e. The third-order valence-corrected chi connectivity index (χ3v) is 3.24. The minimum Gasteiger partial charge on any atom is -0.435 e. The molecule has 1 aliphatic heterocycles. The van der Waals surface area contributed by atoms with Crippen molar-refractivity contribution in [2.75, 3.05) is 13.2 Å². The monoisotopic (exact) mass is 257 g/mol. The van der Waals surface area contributed by atoms with E-state index in [0.717, 1.165) is 31.5 Å². The van der Waals surface area contributed by atoms with Crippen molar-refractivity contribution in [1.29, 1.82) is 0 Å². The fourth-order valence-electron chi connectivity index (χ4n) is 2.32. The second-order valence-corrected chi connectivity index (χ2v) is 4.47. The molecule has 0 spiro atoms. The second-order valence-electron chi connectivity index (χ2n) is 4.47. The fraction of sp³-hybridized carbons (Fsp3) is 0.538. The highest BCUT2D eigenvalue weighted by atomic mass is 19.3. The number of hydrogen-bond donors (Lipinski definition) is 1. The number of rotatable bonds is 5. The molecular weight excluding hydrogens is 240 g/mol. The highest BCUT2D eigenvalue weighted by molar-refractivity contribution is 5.27. The molecule has 1 aliphatic rings. The lowest BCUT2D eigenvalue weighted by Gasteiger charge is -2.22. The fourth-order valence-corrected chi connectivity index (χ4v) is 2.32. The van der Waals surface area contributed by atoms with Gasteiger partial charge in [-0.25, -0.2) is 0 Å². The third-order valence-electron chi connectivity index (χ3n) is 3.24. The summed E-state index contributed by atoms with van der Waals surface area (Å²) in [5, 5.41) is 9.21. The summed E-state index contributed by atoms with van der Waals surface area (Å²) in [6, 6.07) is 6.88. The normalized spacial score (nSPS) is 20.6. The van der Waals surface area contributed by atoms with Gasteiger partial charge in [-0.3, -0.25) is 4.90 Å². The molecule has 1 saturated heterocycles. The number of ether oxygens (including phenoxy) is 1. The maximum atomic E-state index is 12.0. The SMILES string of the molecule is OCC1CCCN1Cc1ccc(OC(F)F)cc1. The summed E-state index contributed by atoms with van der Waals surface area (Å²) in [7, 11) is 0. The molecule has 1 atom stereocenters. The number of benzene rings is 1. The molecule has 1 heterocycles. The van der Waals surface area contributed by atoms with Crippen LogP contribution in [0.2, 0.25) is 0 Å². The van der Waals surface area contributed by atoms with Gasteiger partial charge in [0.05, 0.1) is 6.61 Å². The minimum absolute atomic E-state index is 0.173. The number of hydrogen-bond acceptors (Lipinski definition) is 3. The van der Waals surface area contributed by atoms with Gasteiger partial charge >= 0.3 is 6.61 Å². The van der Waals surface area contributed by atoms with E-state index in [2.05, 4.69) is 9.64 Å².